The van der Waals surface area contributed by atoms with Crippen LogP contribution in [0, 0.1) is 0 Å². The summed E-state index contributed by atoms with van der Waals surface area (Å²) < 4.78 is 34.2. The van der Waals surface area contributed by atoms with Crippen LogP contribution in [0.3, 0.4) is 0 Å². The van der Waals surface area contributed by atoms with Crippen LogP contribution in [0.1, 0.15) is 31.4 Å². The molecule has 0 aromatic heterocycles. The van der Waals surface area contributed by atoms with Crippen molar-refractivity contribution < 1.29 is 17.9 Å². The second kappa shape index (κ2) is 7.13. The molecular weight excluding hydrogens is 290 g/mol. The quantitative estimate of drug-likeness (QED) is 0.833. The molecule has 5 nitrogen and oxygen atoms in total. The first-order chi connectivity index (χ1) is 10.0. The van der Waals surface area contributed by atoms with Crippen molar-refractivity contribution in [3.8, 4) is 11.5 Å². The number of nitrogens with one attached hydrogen (secondary N) is 1. The molecule has 0 aliphatic carbocycles. The summed E-state index contributed by atoms with van der Waals surface area (Å²) in [5.41, 5.74) is 0.976. The molecule has 0 amide bonds. The lowest BCUT2D eigenvalue weighted by molar-refractivity contribution is 0.168. The summed E-state index contributed by atoms with van der Waals surface area (Å²) in [6.07, 6.45) is 2.78. The molecule has 0 spiro atoms. The highest BCUT2D eigenvalue weighted by molar-refractivity contribution is 7.90. The molecule has 0 saturated carbocycles. The van der Waals surface area contributed by atoms with Crippen LogP contribution in [0.15, 0.2) is 18.2 Å². The molecule has 1 N–H and O–H groups in total. The Morgan fingerprint density at radius 3 is 2.76 bits per heavy atom. The lowest BCUT2D eigenvalue weighted by atomic mass is 10.0. The third kappa shape index (κ3) is 4.61. The summed E-state index contributed by atoms with van der Waals surface area (Å²) in [6, 6.07) is 5.73. The van der Waals surface area contributed by atoms with E-state index in [1.807, 2.05) is 18.2 Å². The predicted molar refractivity (Wildman–Crippen MR) is 82.8 cm³/mol. The Balaban J connectivity index is 2.23. The fraction of sp³-hybridized carbons (Fsp3) is 0.600. The van der Waals surface area contributed by atoms with Crippen LogP contribution >= 0.6 is 0 Å². The molecule has 0 fully saturated rings. The first-order valence-corrected chi connectivity index (χ1v) is 9.37. The minimum absolute atomic E-state index is 0.0451. The topological polar surface area (TPSA) is 64.6 Å². The van der Waals surface area contributed by atoms with E-state index < -0.39 is 9.84 Å². The molecule has 1 unspecified atom stereocenters. The Morgan fingerprint density at radius 1 is 1.29 bits per heavy atom. The van der Waals surface area contributed by atoms with Gasteiger partial charge in [0.15, 0.2) is 11.5 Å². The lowest BCUT2D eigenvalue weighted by Gasteiger charge is -2.26. The largest absolute Gasteiger partial charge is 0.486 e. The molecule has 21 heavy (non-hydrogen) atoms. The van der Waals surface area contributed by atoms with E-state index in [2.05, 4.69) is 12.2 Å². The summed E-state index contributed by atoms with van der Waals surface area (Å²) in [4.78, 5) is 0. The van der Waals surface area contributed by atoms with Crippen LogP contribution in [-0.4, -0.2) is 40.2 Å². The van der Waals surface area contributed by atoms with Gasteiger partial charge in [0.05, 0.1) is 5.75 Å². The van der Waals surface area contributed by atoms with Crippen LogP contribution in [0.25, 0.3) is 0 Å². The van der Waals surface area contributed by atoms with Crippen molar-refractivity contribution in [3.63, 3.8) is 0 Å². The molecule has 2 rings (SSSR count). The summed E-state index contributed by atoms with van der Waals surface area (Å²) in [5, 5.41) is 3.41. The average Bonchev–Trinajstić information content (AvgIpc) is 2.46. The molecule has 6 heteroatoms. The van der Waals surface area contributed by atoms with E-state index in [1.54, 1.807) is 0 Å². The van der Waals surface area contributed by atoms with Crippen LogP contribution in [0.5, 0.6) is 11.5 Å². The minimum atomic E-state index is -2.99. The summed E-state index contributed by atoms with van der Waals surface area (Å²) >= 11 is 0. The van der Waals surface area contributed by atoms with Gasteiger partial charge in [0.2, 0.25) is 0 Å². The van der Waals surface area contributed by atoms with Crippen LogP contribution < -0.4 is 14.8 Å². The standard InChI is InChI=1S/C15H23NO4S/c1-3-8-16-13(7-11-21(2,17)18)12-5-4-6-14-15(12)20-10-9-19-14/h4-6,13,16H,3,7-11H2,1-2H3. The highest BCUT2D eigenvalue weighted by atomic mass is 32.2. The monoisotopic (exact) mass is 313 g/mol. The second-order valence-corrected chi connectivity index (χ2v) is 7.56. The molecule has 0 radical (unpaired) electrons. The van der Waals surface area contributed by atoms with Gasteiger partial charge in [-0.05, 0) is 25.5 Å². The van der Waals surface area contributed by atoms with Crippen molar-refractivity contribution in [2.75, 3.05) is 31.8 Å². The number of benzene rings is 1. The van der Waals surface area contributed by atoms with Gasteiger partial charge in [0.25, 0.3) is 0 Å². The summed E-state index contributed by atoms with van der Waals surface area (Å²) in [7, 11) is -2.99. The predicted octanol–water partition coefficient (Wildman–Crippen LogP) is 1.93. The molecule has 1 aromatic carbocycles. The number of rotatable bonds is 7. The third-order valence-corrected chi connectivity index (χ3v) is 4.37. The average molecular weight is 313 g/mol. The molecule has 0 saturated heterocycles. The molecule has 118 valence electrons. The van der Waals surface area contributed by atoms with E-state index in [0.29, 0.717) is 19.6 Å². The van der Waals surface area contributed by atoms with Gasteiger partial charge in [-0.2, -0.15) is 0 Å². The van der Waals surface area contributed by atoms with Gasteiger partial charge in [-0.25, -0.2) is 8.42 Å². The van der Waals surface area contributed by atoms with E-state index in [9.17, 15) is 8.42 Å². The lowest BCUT2D eigenvalue weighted by Crippen LogP contribution is -2.26. The SMILES string of the molecule is CCCNC(CCS(C)(=O)=O)c1cccc2c1OCCO2. The van der Waals surface area contributed by atoms with Gasteiger partial charge >= 0.3 is 0 Å². The molecule has 1 heterocycles. The van der Waals surface area contributed by atoms with Crippen molar-refractivity contribution in [1.82, 2.24) is 5.32 Å². The highest BCUT2D eigenvalue weighted by Crippen LogP contribution is 2.37. The fourth-order valence-electron chi connectivity index (χ4n) is 2.39. The van der Waals surface area contributed by atoms with E-state index in [0.717, 1.165) is 30.0 Å². The number of sulfone groups is 1. The zero-order valence-corrected chi connectivity index (χ0v) is 13.4. The Hall–Kier alpha value is -1.27. The van der Waals surface area contributed by atoms with E-state index in [4.69, 9.17) is 9.47 Å². The normalized spacial score (nSPS) is 15.7. The highest BCUT2D eigenvalue weighted by Gasteiger charge is 2.22. The van der Waals surface area contributed by atoms with E-state index in [1.165, 1.54) is 6.26 Å². The maximum atomic E-state index is 11.4. The van der Waals surface area contributed by atoms with Gasteiger partial charge in [-0.3, -0.25) is 0 Å². The number of ether oxygens (including phenoxy) is 2. The maximum absolute atomic E-state index is 11.4. The van der Waals surface area contributed by atoms with Gasteiger partial charge in [-0.1, -0.05) is 19.1 Å². The second-order valence-electron chi connectivity index (χ2n) is 5.30. The van der Waals surface area contributed by atoms with Gasteiger partial charge in [-0.15, -0.1) is 0 Å². The molecule has 1 aliphatic rings. The number of para-hydroxylation sites is 1. The van der Waals surface area contributed by atoms with Crippen molar-refractivity contribution >= 4 is 9.84 Å². The first kappa shape index (κ1) is 16.1. The van der Waals surface area contributed by atoms with Crippen LogP contribution in [0.4, 0.5) is 0 Å². The Kier molecular flexibility index (Phi) is 5.47. The number of hydrogen-bond donors (Lipinski definition) is 1. The Bertz CT molecular complexity index is 571. The first-order valence-electron chi connectivity index (χ1n) is 7.31. The smallest absolute Gasteiger partial charge is 0.166 e. The maximum Gasteiger partial charge on any atom is 0.166 e. The summed E-state index contributed by atoms with van der Waals surface area (Å²) in [6.45, 7) is 3.99. The van der Waals surface area contributed by atoms with Crippen molar-refractivity contribution in [3.05, 3.63) is 23.8 Å². The van der Waals surface area contributed by atoms with E-state index >= 15 is 0 Å². The minimum Gasteiger partial charge on any atom is -0.486 e. The molecule has 1 aromatic rings. The van der Waals surface area contributed by atoms with Crippen LogP contribution in [-0.2, 0) is 9.84 Å². The van der Waals surface area contributed by atoms with Crippen molar-refractivity contribution in [1.29, 1.82) is 0 Å². The van der Waals surface area contributed by atoms with Gasteiger partial charge in [0.1, 0.15) is 23.1 Å². The number of hydrogen-bond acceptors (Lipinski definition) is 5. The van der Waals surface area contributed by atoms with E-state index in [-0.39, 0.29) is 11.8 Å². The van der Waals surface area contributed by atoms with Crippen LogP contribution in [0.2, 0.25) is 0 Å². The summed E-state index contributed by atoms with van der Waals surface area (Å²) in [5.74, 6) is 1.63. The zero-order valence-electron chi connectivity index (χ0n) is 12.6. The van der Waals surface area contributed by atoms with Crippen molar-refractivity contribution in [2.45, 2.75) is 25.8 Å². The Morgan fingerprint density at radius 2 is 2.05 bits per heavy atom. The zero-order chi connectivity index (χ0) is 15.3. The van der Waals surface area contributed by atoms with Crippen molar-refractivity contribution in [2.24, 2.45) is 0 Å². The molecule has 1 atom stereocenters. The Labute approximate surface area is 126 Å². The molecule has 0 bridgehead atoms. The number of fused-ring (bicyclic) bond motifs is 1. The van der Waals surface area contributed by atoms with Gasteiger partial charge in [0, 0.05) is 17.9 Å². The third-order valence-electron chi connectivity index (χ3n) is 3.39. The molecular formula is C15H23NO4S. The van der Waals surface area contributed by atoms with Gasteiger partial charge < -0.3 is 14.8 Å². The fourth-order valence-corrected chi connectivity index (χ4v) is 3.05. The molecule has 1 aliphatic heterocycles.